The fourth-order valence-electron chi connectivity index (χ4n) is 7.05. The second-order valence-electron chi connectivity index (χ2n) is 12.4. The molecule has 0 amide bonds. The average molecular weight is 639 g/mol. The number of rotatable bonds is 6. The van der Waals surface area contributed by atoms with Crippen molar-refractivity contribution in [3.05, 3.63) is 202 Å². The van der Waals surface area contributed by atoms with Gasteiger partial charge in [0.25, 0.3) is 0 Å². The monoisotopic (exact) mass is 640 g/mol. The van der Waals surface area contributed by atoms with E-state index in [9.17, 15) is 0 Å². The van der Waals surface area contributed by atoms with Gasteiger partial charge in [-0.1, -0.05) is 0 Å². The van der Waals surface area contributed by atoms with E-state index in [1.165, 1.54) is 73.3 Å². The van der Waals surface area contributed by atoms with Crippen LogP contribution in [0.15, 0.2) is 158 Å². The molecule has 0 aromatic heterocycles. The van der Waals surface area contributed by atoms with Gasteiger partial charge < -0.3 is 0 Å². The van der Waals surface area contributed by atoms with Crippen LogP contribution in [-0.4, -0.2) is 13.3 Å². The van der Waals surface area contributed by atoms with Crippen LogP contribution in [0.4, 0.5) is 0 Å². The van der Waals surface area contributed by atoms with Crippen LogP contribution in [0.25, 0.3) is 20.0 Å². The van der Waals surface area contributed by atoms with Crippen LogP contribution in [0.5, 0.6) is 0 Å². The summed E-state index contributed by atoms with van der Waals surface area (Å²) in [4.78, 5) is 0. The van der Waals surface area contributed by atoms with Gasteiger partial charge in [-0.3, -0.25) is 0 Å². The van der Waals surface area contributed by atoms with Crippen molar-refractivity contribution in [3.63, 3.8) is 0 Å². The van der Waals surface area contributed by atoms with Crippen LogP contribution >= 0.6 is 0 Å². The molecule has 0 aliphatic carbocycles. The zero-order valence-corrected chi connectivity index (χ0v) is 28.6. The molecule has 6 aromatic rings. The Bertz CT molecular complexity index is 1860. The Balaban J connectivity index is 1.77. The van der Waals surface area contributed by atoms with Crippen LogP contribution in [-0.2, 0) is 0 Å². The number of allylic oxidation sites excluding steroid dienone is 2. The molecule has 0 bridgehead atoms. The molecule has 0 spiro atoms. The van der Waals surface area contributed by atoms with Gasteiger partial charge in [-0.15, -0.1) is 0 Å². The molecule has 45 heavy (non-hydrogen) atoms. The molecule has 0 radical (unpaired) electrons. The van der Waals surface area contributed by atoms with Crippen LogP contribution in [0.2, 0.25) is 0 Å². The summed E-state index contributed by atoms with van der Waals surface area (Å²) in [6.45, 7) is 8.76. The van der Waals surface area contributed by atoms with Crippen molar-refractivity contribution in [2.24, 2.45) is 0 Å². The van der Waals surface area contributed by atoms with E-state index in [0.29, 0.717) is 0 Å². The van der Waals surface area contributed by atoms with Crippen molar-refractivity contribution >= 4 is 42.0 Å². The predicted molar refractivity (Wildman–Crippen MR) is 196 cm³/mol. The molecular formula is C44H38Ge. The molecule has 0 atom stereocenters. The fourth-order valence-corrected chi connectivity index (χ4v) is 18.7. The topological polar surface area (TPSA) is 0 Å². The third-order valence-electron chi connectivity index (χ3n) is 9.27. The van der Waals surface area contributed by atoms with Gasteiger partial charge in [0.2, 0.25) is 0 Å². The molecule has 6 aromatic carbocycles. The fraction of sp³-hybridized carbons (Fsp3) is 0.0909. The zero-order chi connectivity index (χ0) is 31.0. The molecule has 1 aliphatic heterocycles. The Hall–Kier alpha value is -4.66. The molecule has 0 N–H and O–H groups in total. The van der Waals surface area contributed by atoms with Crippen LogP contribution in [0, 0.1) is 27.7 Å². The van der Waals surface area contributed by atoms with Crippen molar-refractivity contribution in [3.8, 4) is 0 Å². The predicted octanol–water partition coefficient (Wildman–Crippen LogP) is 9.80. The van der Waals surface area contributed by atoms with Crippen LogP contribution in [0.3, 0.4) is 0 Å². The van der Waals surface area contributed by atoms with Crippen molar-refractivity contribution in [1.82, 2.24) is 0 Å². The molecule has 0 fully saturated rings. The molecule has 1 heteroatoms. The summed E-state index contributed by atoms with van der Waals surface area (Å²) in [6.07, 6.45) is 0. The minimum absolute atomic E-state index is 1.27. The number of benzene rings is 6. The number of hydrogen-bond acceptors (Lipinski definition) is 0. The third-order valence-corrected chi connectivity index (χ3v) is 19.7. The third kappa shape index (κ3) is 5.14. The van der Waals surface area contributed by atoms with E-state index in [-0.39, 0.29) is 0 Å². The second-order valence-corrected chi connectivity index (χ2v) is 20.1. The quantitative estimate of drug-likeness (QED) is 0.159. The van der Waals surface area contributed by atoms with Crippen molar-refractivity contribution in [2.45, 2.75) is 27.7 Å². The Morgan fingerprint density at radius 1 is 0.289 bits per heavy atom. The van der Waals surface area contributed by atoms with E-state index in [0.717, 1.165) is 0 Å². The van der Waals surface area contributed by atoms with E-state index in [1.54, 1.807) is 0 Å². The molecule has 7 rings (SSSR count). The Morgan fingerprint density at radius 2 is 0.578 bits per heavy atom. The molecular weight excluding hydrogens is 601 g/mol. The van der Waals surface area contributed by atoms with Gasteiger partial charge in [0.15, 0.2) is 0 Å². The summed E-state index contributed by atoms with van der Waals surface area (Å²) < 4.78 is 5.91. The molecule has 1 heterocycles. The van der Waals surface area contributed by atoms with E-state index < -0.39 is 13.3 Å². The Labute approximate surface area is 270 Å². The maximum atomic E-state index is 2.44. The van der Waals surface area contributed by atoms with E-state index in [4.69, 9.17) is 0 Å². The van der Waals surface area contributed by atoms with Gasteiger partial charge in [0, 0.05) is 0 Å². The van der Waals surface area contributed by atoms with Gasteiger partial charge in [-0.2, -0.15) is 0 Å². The summed E-state index contributed by atoms with van der Waals surface area (Å²) in [6, 6.07) is 59.9. The number of aryl methyl sites for hydroxylation is 4. The van der Waals surface area contributed by atoms with Crippen LogP contribution < -0.4 is 8.79 Å². The first-order chi connectivity index (χ1) is 22.0. The first-order valence-corrected chi connectivity index (χ1v) is 20.1. The first-order valence-electron chi connectivity index (χ1n) is 15.9. The summed E-state index contributed by atoms with van der Waals surface area (Å²) in [5, 5.41) is 0. The van der Waals surface area contributed by atoms with Gasteiger partial charge in [0.05, 0.1) is 0 Å². The first kappa shape index (κ1) is 29.1. The summed E-state index contributed by atoms with van der Waals surface area (Å²) in [7, 11) is 0. The van der Waals surface area contributed by atoms with Crippen molar-refractivity contribution < 1.29 is 0 Å². The normalized spacial score (nSPS) is 14.2. The Kier molecular flexibility index (Phi) is 7.77. The van der Waals surface area contributed by atoms with Crippen molar-refractivity contribution in [1.29, 1.82) is 0 Å². The minimum atomic E-state index is -3.76. The van der Waals surface area contributed by atoms with Gasteiger partial charge in [-0.05, 0) is 0 Å². The second kappa shape index (κ2) is 12.0. The molecule has 0 saturated carbocycles. The van der Waals surface area contributed by atoms with Crippen LogP contribution in [0.1, 0.15) is 44.5 Å². The van der Waals surface area contributed by atoms with E-state index >= 15 is 0 Å². The molecule has 0 saturated heterocycles. The zero-order valence-electron chi connectivity index (χ0n) is 26.5. The molecule has 0 nitrogen and oxygen atoms in total. The molecule has 0 unspecified atom stereocenters. The van der Waals surface area contributed by atoms with E-state index in [2.05, 4.69) is 185 Å². The van der Waals surface area contributed by atoms with Gasteiger partial charge in [0.1, 0.15) is 0 Å². The van der Waals surface area contributed by atoms with Gasteiger partial charge >= 0.3 is 272 Å². The summed E-state index contributed by atoms with van der Waals surface area (Å²) in [5.74, 6) is 0. The maximum absolute atomic E-state index is 3.76. The SMILES string of the molecule is Cc1ccc([C]2=C(c3ccccc3)C(c3ccccc3)=[C](c3ccc(C)cc3)[Ge]2([c]2ccc(C)cc2)[c]2ccc(C)cc2)cc1. The van der Waals surface area contributed by atoms with Crippen molar-refractivity contribution in [2.75, 3.05) is 0 Å². The van der Waals surface area contributed by atoms with E-state index in [1.807, 2.05) is 0 Å². The Morgan fingerprint density at radius 3 is 0.889 bits per heavy atom. The molecule has 218 valence electrons. The van der Waals surface area contributed by atoms with Gasteiger partial charge in [-0.25, -0.2) is 0 Å². The molecule has 1 aliphatic rings. The standard InChI is InChI=1S/C44H38Ge/c1-31-15-23-37(24-16-31)43-41(35-11-7-5-8-12-35)42(36-13-9-6-10-14-36)44(38-25-17-32(2)18-26-38)45(43,39-27-19-33(3)20-28-39)40-29-21-34(4)22-30-40/h5-30H,1-4H3. The number of hydrogen-bond donors (Lipinski definition) is 0. The summed E-state index contributed by atoms with van der Waals surface area (Å²) in [5.41, 5.74) is 13.0. The average Bonchev–Trinajstić information content (AvgIpc) is 3.39. The summed E-state index contributed by atoms with van der Waals surface area (Å²) >= 11 is -3.76.